The molecule has 0 aliphatic heterocycles. The average Bonchev–Trinajstić information content (AvgIpc) is 3.08. The molecule has 1 fully saturated rings. The number of amides is 1. The molecule has 2 rings (SSSR count). The second kappa shape index (κ2) is 13.5. The lowest BCUT2D eigenvalue weighted by Crippen LogP contribution is -2.28. The lowest BCUT2D eigenvalue weighted by atomic mass is 9.87. The van der Waals surface area contributed by atoms with Gasteiger partial charge in [0.15, 0.2) is 0 Å². The van der Waals surface area contributed by atoms with Crippen LogP contribution in [0, 0.1) is 28.8 Å². The third-order valence-corrected chi connectivity index (χ3v) is 5.75. The average molecular weight is 464 g/mol. The highest BCUT2D eigenvalue weighted by Crippen LogP contribution is 2.31. The molecule has 2 unspecified atom stereocenters. The summed E-state index contributed by atoms with van der Waals surface area (Å²) in [6, 6.07) is 6.82. The first kappa shape index (κ1) is 26.2. The fourth-order valence-electron chi connectivity index (χ4n) is 3.87. The van der Waals surface area contributed by atoms with Crippen molar-refractivity contribution in [1.29, 1.82) is 10.7 Å². The van der Waals surface area contributed by atoms with E-state index < -0.39 is 0 Å². The summed E-state index contributed by atoms with van der Waals surface area (Å²) in [6.45, 7) is 0. The molecule has 0 radical (unpaired) electrons. The van der Waals surface area contributed by atoms with Crippen molar-refractivity contribution < 1.29 is 9.53 Å². The van der Waals surface area contributed by atoms with Crippen molar-refractivity contribution in [1.82, 2.24) is 5.32 Å². The van der Waals surface area contributed by atoms with Gasteiger partial charge < -0.3 is 32.7 Å². The second-order valence-corrected chi connectivity index (χ2v) is 8.17. The molecule has 2 atom stereocenters. The van der Waals surface area contributed by atoms with Gasteiger partial charge in [0.1, 0.15) is 17.4 Å². The zero-order valence-electron chi connectivity index (χ0n) is 19.5. The van der Waals surface area contributed by atoms with E-state index in [1.54, 1.807) is 61.9 Å². The van der Waals surface area contributed by atoms with E-state index in [1.807, 2.05) is 0 Å². The number of nitrogens with zero attached hydrogens (tertiary/aromatic N) is 2. The Kier molecular flexibility index (Phi) is 10.4. The highest BCUT2D eigenvalue weighted by atomic mass is 16.5. The zero-order chi connectivity index (χ0) is 24.9. The molecule has 0 heterocycles. The molecule has 1 aliphatic rings. The maximum Gasteiger partial charge on any atom is 0.292 e. The van der Waals surface area contributed by atoms with Gasteiger partial charge in [0.25, 0.3) is 6.26 Å². The largest absolute Gasteiger partial charge is 0.402 e. The van der Waals surface area contributed by atoms with E-state index in [1.165, 1.54) is 0 Å². The molecule has 1 saturated carbocycles. The molecular weight excluding hydrogens is 430 g/mol. The number of nitrogens with one attached hydrogen (secondary N) is 2. The fourth-order valence-corrected chi connectivity index (χ4v) is 3.87. The summed E-state index contributed by atoms with van der Waals surface area (Å²) in [7, 11) is 1.61. The molecule has 1 aromatic rings. The second-order valence-electron chi connectivity index (χ2n) is 8.17. The van der Waals surface area contributed by atoms with E-state index in [0.29, 0.717) is 28.6 Å². The summed E-state index contributed by atoms with van der Waals surface area (Å²) in [5, 5.41) is 19.8. The van der Waals surface area contributed by atoms with Crippen molar-refractivity contribution >= 4 is 17.5 Å². The van der Waals surface area contributed by atoms with Gasteiger partial charge >= 0.3 is 0 Å². The van der Waals surface area contributed by atoms with Crippen LogP contribution in [0.5, 0.6) is 5.75 Å². The summed E-state index contributed by atoms with van der Waals surface area (Å²) >= 11 is 0. The molecule has 34 heavy (non-hydrogen) atoms. The fraction of sp³-hybridized carbons (Fsp3) is 0.360. The van der Waals surface area contributed by atoms with Gasteiger partial charge in [-0.15, -0.1) is 5.26 Å². The molecule has 8 N–H and O–H groups in total. The van der Waals surface area contributed by atoms with Gasteiger partial charge in [-0.2, -0.15) is 0 Å². The van der Waals surface area contributed by atoms with Crippen molar-refractivity contribution in [3.63, 3.8) is 0 Å². The van der Waals surface area contributed by atoms with E-state index in [9.17, 15) is 4.79 Å². The van der Waals surface area contributed by atoms with Gasteiger partial charge in [-0.05, 0) is 55.6 Å². The van der Waals surface area contributed by atoms with Gasteiger partial charge in [0, 0.05) is 29.9 Å². The van der Waals surface area contributed by atoms with Gasteiger partial charge in [-0.1, -0.05) is 31.0 Å². The molecule has 0 aromatic heterocycles. The number of para-hydroxylation sites is 1. The summed E-state index contributed by atoms with van der Waals surface area (Å²) in [5.41, 5.74) is 19.8. The van der Waals surface area contributed by atoms with Gasteiger partial charge in [0.2, 0.25) is 5.91 Å². The normalized spacial score (nSPS) is 19.8. The summed E-state index contributed by atoms with van der Waals surface area (Å²) in [4.78, 5) is 16.2. The highest BCUT2D eigenvalue weighted by Gasteiger charge is 2.23. The van der Waals surface area contributed by atoms with Crippen molar-refractivity contribution in [2.24, 2.45) is 34.0 Å². The smallest absolute Gasteiger partial charge is 0.292 e. The quantitative estimate of drug-likeness (QED) is 0.124. The van der Waals surface area contributed by atoms with E-state index in [0.717, 1.165) is 32.1 Å². The number of nitriles is 1. The summed E-state index contributed by atoms with van der Waals surface area (Å²) in [6.07, 6.45) is 13.0. The minimum absolute atomic E-state index is 0.0127. The Labute approximate surface area is 200 Å². The van der Waals surface area contributed by atoms with Gasteiger partial charge in [-0.3, -0.25) is 9.79 Å². The molecule has 0 saturated heterocycles. The Hall–Kier alpha value is -4.06. The van der Waals surface area contributed by atoms with Crippen molar-refractivity contribution in [2.75, 3.05) is 7.05 Å². The van der Waals surface area contributed by atoms with Crippen LogP contribution in [0.3, 0.4) is 0 Å². The maximum absolute atomic E-state index is 12.4. The minimum Gasteiger partial charge on any atom is -0.402 e. The minimum atomic E-state index is -0.334. The molecule has 9 heteroatoms. The Morgan fingerprint density at radius 3 is 2.62 bits per heavy atom. The predicted molar refractivity (Wildman–Crippen MR) is 134 cm³/mol. The number of carbonyl (C=O) groups excluding carboxylic acids is 1. The lowest BCUT2D eigenvalue weighted by Gasteiger charge is -2.20. The standard InChI is InChI=1S/C25H33N7O2/c1-31-23(29)12-10-20(27)17-6-2-3-7-18(14-17)21(28)11-13-24(30)32-25(33)15-19-8-4-5-9-22(19)34-16-26/h4-5,8-13,17-18,27H,2-3,6-7,14-15,28,30H2,1H3,(H2,29,31)(H,32,33)/b12-10-,21-11-,24-13+,27-20?. The Morgan fingerprint density at radius 2 is 1.91 bits per heavy atom. The number of hydrogen-bond acceptors (Lipinski definition) is 7. The Balaban J connectivity index is 1.99. The van der Waals surface area contributed by atoms with Gasteiger partial charge in [0.05, 0.1) is 6.42 Å². The van der Waals surface area contributed by atoms with Crippen LogP contribution >= 0.6 is 0 Å². The number of amidine groups is 1. The highest BCUT2D eigenvalue weighted by molar-refractivity contribution is 6.01. The first-order valence-electron chi connectivity index (χ1n) is 11.2. The third kappa shape index (κ3) is 8.47. The number of allylic oxidation sites excluding steroid dienone is 4. The third-order valence-electron chi connectivity index (χ3n) is 5.75. The molecule has 0 spiro atoms. The number of benzene rings is 1. The number of carbonyl (C=O) groups is 1. The number of nitrogens with two attached hydrogens (primary N) is 3. The van der Waals surface area contributed by atoms with E-state index >= 15 is 0 Å². The summed E-state index contributed by atoms with van der Waals surface area (Å²) < 4.78 is 4.88. The molecule has 180 valence electrons. The van der Waals surface area contributed by atoms with E-state index in [2.05, 4.69) is 10.3 Å². The van der Waals surface area contributed by atoms with E-state index in [4.69, 9.17) is 32.6 Å². The van der Waals surface area contributed by atoms with Crippen LogP contribution in [-0.4, -0.2) is 24.5 Å². The van der Waals surface area contributed by atoms with Crippen LogP contribution in [-0.2, 0) is 11.2 Å². The zero-order valence-corrected chi connectivity index (χ0v) is 19.5. The molecule has 9 nitrogen and oxygen atoms in total. The summed E-state index contributed by atoms with van der Waals surface area (Å²) in [5.74, 6) is 0.768. The number of hydrogen-bond donors (Lipinski definition) is 5. The Bertz CT molecular complexity index is 1030. The van der Waals surface area contributed by atoms with Crippen LogP contribution in [0.4, 0.5) is 0 Å². The molecule has 1 amide bonds. The SMILES string of the molecule is CN=C(N)/C=C\C(=N)C1CCCCC(/C(N)=C/C=C(\N)NC(=O)Cc2ccccc2OC#N)C1. The van der Waals surface area contributed by atoms with Crippen LogP contribution in [0.15, 0.2) is 65.1 Å². The van der Waals surface area contributed by atoms with Crippen LogP contribution in [0.1, 0.15) is 37.7 Å². The first-order chi connectivity index (χ1) is 16.3. The first-order valence-corrected chi connectivity index (χ1v) is 11.2. The molecule has 1 aromatic carbocycles. The maximum atomic E-state index is 12.4. The topological polar surface area (TPSA) is 176 Å². The number of rotatable bonds is 9. The monoisotopic (exact) mass is 463 g/mol. The number of aliphatic imine (C=N–C) groups is 1. The Morgan fingerprint density at radius 1 is 1.21 bits per heavy atom. The van der Waals surface area contributed by atoms with Crippen molar-refractivity contribution in [3.8, 4) is 12.0 Å². The van der Waals surface area contributed by atoms with Crippen LogP contribution in [0.25, 0.3) is 0 Å². The molecular formula is C25H33N7O2. The number of ether oxygens (including phenoxy) is 1. The van der Waals surface area contributed by atoms with E-state index in [-0.39, 0.29) is 30.0 Å². The predicted octanol–water partition coefficient (Wildman–Crippen LogP) is 2.61. The van der Waals surface area contributed by atoms with Crippen molar-refractivity contribution in [2.45, 2.75) is 38.5 Å². The van der Waals surface area contributed by atoms with Gasteiger partial charge in [-0.25, -0.2) is 0 Å². The molecule has 0 bridgehead atoms. The van der Waals surface area contributed by atoms with Crippen molar-refractivity contribution in [3.05, 3.63) is 65.7 Å². The van der Waals surface area contributed by atoms with Crippen LogP contribution in [0.2, 0.25) is 0 Å². The lowest BCUT2D eigenvalue weighted by molar-refractivity contribution is -0.119. The van der Waals surface area contributed by atoms with Crippen LogP contribution < -0.4 is 27.3 Å². The molecule has 1 aliphatic carbocycles.